The second-order valence-electron chi connectivity index (χ2n) is 8.35. The van der Waals surface area contributed by atoms with Gasteiger partial charge < -0.3 is 23.6 Å². The van der Waals surface area contributed by atoms with E-state index in [1.807, 2.05) is 0 Å². The first kappa shape index (κ1) is 24.8. The molecule has 0 radical (unpaired) electrons. The lowest BCUT2D eigenvalue weighted by Crippen LogP contribution is -2.40. The molecule has 1 aliphatic rings. The van der Waals surface area contributed by atoms with Crippen molar-refractivity contribution >= 4 is 32.6 Å². The van der Waals surface area contributed by atoms with Gasteiger partial charge in [-0.05, 0) is 55.5 Å². The molecule has 3 heterocycles. The second-order valence-corrected chi connectivity index (χ2v) is 10.3. The number of sulfonamides is 1. The Morgan fingerprint density at radius 3 is 2.46 bits per heavy atom. The number of para-hydroxylation sites is 1. The number of furan rings is 1. The van der Waals surface area contributed by atoms with Crippen LogP contribution in [0, 0.1) is 0 Å². The molecule has 2 aromatic carbocycles. The summed E-state index contributed by atoms with van der Waals surface area (Å²) in [5, 5.41) is 2.99. The summed E-state index contributed by atoms with van der Waals surface area (Å²) < 4.78 is 49.3. The van der Waals surface area contributed by atoms with E-state index in [1.165, 1.54) is 41.8 Å². The molecule has 2 aromatic heterocycles. The molecule has 1 unspecified atom stereocenters. The van der Waals surface area contributed by atoms with E-state index in [1.54, 1.807) is 36.4 Å². The van der Waals surface area contributed by atoms with Crippen molar-refractivity contribution in [3.05, 3.63) is 77.2 Å². The maximum atomic E-state index is 13.2. The fourth-order valence-corrected chi connectivity index (χ4v) is 5.33. The van der Waals surface area contributed by atoms with Gasteiger partial charge in [0.25, 0.3) is 5.91 Å². The van der Waals surface area contributed by atoms with Crippen LogP contribution >= 0.6 is 0 Å². The number of amides is 1. The van der Waals surface area contributed by atoms with Crippen molar-refractivity contribution in [1.29, 1.82) is 0 Å². The van der Waals surface area contributed by atoms with Gasteiger partial charge in [0, 0.05) is 18.8 Å². The van der Waals surface area contributed by atoms with E-state index in [4.69, 9.17) is 18.3 Å². The monoisotopic (exact) mass is 524 g/mol. The van der Waals surface area contributed by atoms with Crippen LogP contribution in [0.25, 0.3) is 22.5 Å². The zero-order valence-electron chi connectivity index (χ0n) is 19.9. The molecule has 192 valence electrons. The first-order valence-electron chi connectivity index (χ1n) is 11.6. The lowest BCUT2D eigenvalue weighted by molar-refractivity contribution is -0.122. The maximum Gasteiger partial charge on any atom is 0.265 e. The fraction of sp³-hybridized carbons (Fsp3) is 0.231. The van der Waals surface area contributed by atoms with E-state index in [2.05, 4.69) is 5.32 Å². The van der Waals surface area contributed by atoms with Crippen LogP contribution in [0.5, 0.6) is 5.75 Å². The minimum atomic E-state index is -3.65. The summed E-state index contributed by atoms with van der Waals surface area (Å²) in [6.07, 6.45) is 0.349. The van der Waals surface area contributed by atoms with Crippen LogP contribution in [0.4, 0.5) is 5.69 Å². The van der Waals surface area contributed by atoms with Crippen molar-refractivity contribution in [2.75, 3.05) is 31.6 Å². The summed E-state index contributed by atoms with van der Waals surface area (Å²) in [7, 11) is -3.65. The van der Waals surface area contributed by atoms with Crippen LogP contribution in [-0.2, 0) is 19.6 Å². The number of hydrogen-bond donors (Lipinski definition) is 1. The SMILES string of the molecule is CC(Oc1c(-c2ccco2)oc2ccccc2c1=O)C(=O)Nc1ccc(S(=O)(=O)N2CCOCC2)cc1. The Morgan fingerprint density at radius 2 is 1.76 bits per heavy atom. The molecular weight excluding hydrogens is 500 g/mol. The van der Waals surface area contributed by atoms with Crippen LogP contribution in [0.2, 0.25) is 0 Å². The first-order chi connectivity index (χ1) is 17.8. The third kappa shape index (κ3) is 5.01. The van der Waals surface area contributed by atoms with Crippen LogP contribution in [0.3, 0.4) is 0 Å². The van der Waals surface area contributed by atoms with E-state index in [9.17, 15) is 18.0 Å². The van der Waals surface area contributed by atoms with Gasteiger partial charge in [0.15, 0.2) is 11.9 Å². The van der Waals surface area contributed by atoms with E-state index in [0.29, 0.717) is 43.0 Å². The number of ether oxygens (including phenoxy) is 2. The smallest absolute Gasteiger partial charge is 0.265 e. The quantitative estimate of drug-likeness (QED) is 0.389. The van der Waals surface area contributed by atoms with E-state index in [-0.39, 0.29) is 22.2 Å². The number of carbonyl (C=O) groups is 1. The molecule has 1 atom stereocenters. The number of hydrogen-bond acceptors (Lipinski definition) is 8. The van der Waals surface area contributed by atoms with Crippen molar-refractivity contribution < 1.29 is 31.5 Å². The van der Waals surface area contributed by atoms with Gasteiger partial charge in [-0.2, -0.15) is 4.31 Å². The number of fused-ring (bicyclic) bond motifs is 1. The normalized spacial score (nSPS) is 15.4. The molecule has 1 N–H and O–H groups in total. The minimum absolute atomic E-state index is 0.0750. The van der Waals surface area contributed by atoms with Crippen molar-refractivity contribution in [3.63, 3.8) is 0 Å². The Balaban J connectivity index is 1.34. The standard InChI is InChI=1S/C26H24N2O8S/c1-17(26(30)27-18-8-10-19(11-9-18)37(31,32)28-12-15-33-16-13-28)35-25-23(29)20-5-2-3-6-21(20)36-24(25)22-7-4-14-34-22/h2-11,14,17H,12-13,15-16H2,1H3,(H,27,30). The lowest BCUT2D eigenvalue weighted by Gasteiger charge is -2.26. The van der Waals surface area contributed by atoms with Crippen molar-refractivity contribution in [2.45, 2.75) is 17.9 Å². The van der Waals surface area contributed by atoms with Crippen molar-refractivity contribution in [1.82, 2.24) is 4.31 Å². The van der Waals surface area contributed by atoms with Gasteiger partial charge in [-0.3, -0.25) is 9.59 Å². The Labute approximate surface area is 212 Å². The molecule has 0 saturated carbocycles. The first-order valence-corrected chi connectivity index (χ1v) is 13.0. The summed E-state index contributed by atoms with van der Waals surface area (Å²) in [6, 6.07) is 15.8. The molecule has 0 aliphatic carbocycles. The molecule has 1 fully saturated rings. The molecule has 1 amide bonds. The van der Waals surface area contributed by atoms with Crippen molar-refractivity contribution in [2.24, 2.45) is 0 Å². The molecule has 1 aliphatic heterocycles. The Hall–Kier alpha value is -3.93. The Bertz CT molecular complexity index is 1570. The number of anilines is 1. The molecule has 10 nitrogen and oxygen atoms in total. The fourth-order valence-electron chi connectivity index (χ4n) is 3.92. The second kappa shape index (κ2) is 10.2. The molecule has 11 heteroatoms. The molecule has 0 spiro atoms. The summed E-state index contributed by atoms with van der Waals surface area (Å²) in [5.41, 5.74) is 0.291. The van der Waals surface area contributed by atoms with E-state index in [0.717, 1.165) is 0 Å². The van der Waals surface area contributed by atoms with Gasteiger partial charge in [0.05, 0.1) is 29.8 Å². The summed E-state index contributed by atoms with van der Waals surface area (Å²) in [5.74, 6) is -0.335. The molecule has 37 heavy (non-hydrogen) atoms. The largest absolute Gasteiger partial charge is 0.473 e. The predicted octanol–water partition coefficient (Wildman–Crippen LogP) is 3.48. The average molecular weight is 525 g/mol. The predicted molar refractivity (Wildman–Crippen MR) is 135 cm³/mol. The van der Waals surface area contributed by atoms with Crippen LogP contribution in [0.15, 0.2) is 85.5 Å². The third-order valence-corrected chi connectivity index (χ3v) is 7.81. The number of rotatable bonds is 7. The third-order valence-electron chi connectivity index (χ3n) is 5.89. The highest BCUT2D eigenvalue weighted by Crippen LogP contribution is 2.32. The molecule has 0 bridgehead atoms. The van der Waals surface area contributed by atoms with Gasteiger partial charge >= 0.3 is 0 Å². The van der Waals surface area contributed by atoms with Gasteiger partial charge in [0.1, 0.15) is 5.58 Å². The number of benzene rings is 2. The summed E-state index contributed by atoms with van der Waals surface area (Å²) in [6.45, 7) is 2.77. The Kier molecular flexibility index (Phi) is 6.83. The Morgan fingerprint density at radius 1 is 1.03 bits per heavy atom. The highest BCUT2D eigenvalue weighted by atomic mass is 32.2. The zero-order valence-corrected chi connectivity index (χ0v) is 20.7. The van der Waals surface area contributed by atoms with E-state index < -0.39 is 27.5 Å². The molecular formula is C26H24N2O8S. The zero-order chi connectivity index (χ0) is 26.0. The van der Waals surface area contributed by atoms with E-state index >= 15 is 0 Å². The maximum absolute atomic E-state index is 13.2. The van der Waals surface area contributed by atoms with Gasteiger partial charge in [-0.15, -0.1) is 0 Å². The van der Waals surface area contributed by atoms with Gasteiger partial charge in [-0.25, -0.2) is 8.42 Å². The number of nitrogens with zero attached hydrogens (tertiary/aromatic N) is 1. The summed E-state index contributed by atoms with van der Waals surface area (Å²) in [4.78, 5) is 26.2. The van der Waals surface area contributed by atoms with Crippen LogP contribution < -0.4 is 15.5 Å². The lowest BCUT2D eigenvalue weighted by atomic mass is 10.2. The number of morpholine rings is 1. The summed E-state index contributed by atoms with van der Waals surface area (Å²) >= 11 is 0. The minimum Gasteiger partial charge on any atom is -0.473 e. The van der Waals surface area contributed by atoms with Gasteiger partial charge in [0.2, 0.25) is 27.0 Å². The topological polar surface area (TPSA) is 128 Å². The highest BCUT2D eigenvalue weighted by Gasteiger charge is 2.27. The van der Waals surface area contributed by atoms with Gasteiger partial charge in [-0.1, -0.05) is 12.1 Å². The number of nitrogens with one attached hydrogen (secondary N) is 1. The molecule has 1 saturated heterocycles. The highest BCUT2D eigenvalue weighted by molar-refractivity contribution is 7.89. The van der Waals surface area contributed by atoms with Crippen LogP contribution in [0.1, 0.15) is 6.92 Å². The van der Waals surface area contributed by atoms with Crippen LogP contribution in [-0.4, -0.2) is 51.0 Å². The van der Waals surface area contributed by atoms with Crippen molar-refractivity contribution in [3.8, 4) is 17.3 Å². The molecule has 4 aromatic rings. The average Bonchev–Trinajstić information content (AvgIpc) is 3.46. The number of carbonyl (C=O) groups excluding carboxylic acids is 1. The molecule has 5 rings (SSSR count).